The highest BCUT2D eigenvalue weighted by Gasteiger charge is 1.99. The third-order valence-corrected chi connectivity index (χ3v) is 3.15. The third-order valence-electron chi connectivity index (χ3n) is 1.75. The van der Waals surface area contributed by atoms with Gasteiger partial charge in [-0.15, -0.1) is 0 Å². The van der Waals surface area contributed by atoms with Crippen molar-refractivity contribution in [3.05, 3.63) is 35.9 Å². The highest BCUT2D eigenvalue weighted by atomic mass is 32.2. The zero-order chi connectivity index (χ0) is 9.52. The molecular formula is C10H15NOS. The van der Waals surface area contributed by atoms with Crippen molar-refractivity contribution in [3.63, 3.8) is 0 Å². The molecule has 1 aromatic rings. The minimum absolute atomic E-state index is 0.626. The van der Waals surface area contributed by atoms with Crippen LogP contribution < -0.4 is 5.73 Å². The number of hydrogen-bond acceptors (Lipinski definition) is 2. The van der Waals surface area contributed by atoms with E-state index in [1.54, 1.807) is 0 Å². The van der Waals surface area contributed by atoms with E-state index in [1.807, 2.05) is 30.3 Å². The van der Waals surface area contributed by atoms with E-state index < -0.39 is 10.8 Å². The molecule has 1 rings (SSSR count). The molecule has 2 N–H and O–H groups in total. The summed E-state index contributed by atoms with van der Waals surface area (Å²) in [5.74, 6) is 1.37. The predicted octanol–water partition coefficient (Wildman–Crippen LogP) is 1.28. The summed E-state index contributed by atoms with van der Waals surface area (Å²) in [6, 6.07) is 9.90. The summed E-state index contributed by atoms with van der Waals surface area (Å²) in [5.41, 5.74) is 6.47. The molecule has 1 unspecified atom stereocenters. The summed E-state index contributed by atoms with van der Waals surface area (Å²) in [4.78, 5) is 0. The van der Waals surface area contributed by atoms with E-state index in [-0.39, 0.29) is 0 Å². The first-order valence-corrected chi connectivity index (χ1v) is 5.90. The first kappa shape index (κ1) is 10.4. The number of hydrogen-bond donors (Lipinski definition) is 1. The molecule has 3 heteroatoms. The molecule has 1 atom stereocenters. The van der Waals surface area contributed by atoms with E-state index in [4.69, 9.17) is 5.73 Å². The molecule has 0 spiro atoms. The van der Waals surface area contributed by atoms with E-state index in [0.717, 1.165) is 12.0 Å². The van der Waals surface area contributed by atoms with Gasteiger partial charge in [0.1, 0.15) is 0 Å². The zero-order valence-corrected chi connectivity index (χ0v) is 8.43. The molecule has 0 aliphatic heterocycles. The van der Waals surface area contributed by atoms with E-state index >= 15 is 0 Å². The minimum Gasteiger partial charge on any atom is -0.330 e. The quantitative estimate of drug-likeness (QED) is 0.772. The SMILES string of the molecule is NCCCS(=O)Cc1ccccc1. The van der Waals surface area contributed by atoms with Gasteiger partial charge < -0.3 is 5.73 Å². The van der Waals surface area contributed by atoms with Crippen LogP contribution in [0.4, 0.5) is 0 Å². The van der Waals surface area contributed by atoms with Crippen LogP contribution in [-0.2, 0) is 16.6 Å². The molecule has 72 valence electrons. The second-order valence-corrected chi connectivity index (χ2v) is 4.49. The van der Waals surface area contributed by atoms with Crippen molar-refractivity contribution in [2.75, 3.05) is 12.3 Å². The normalized spacial score (nSPS) is 12.7. The smallest absolute Gasteiger partial charge is 0.0485 e. The molecule has 0 aliphatic rings. The highest BCUT2D eigenvalue weighted by Crippen LogP contribution is 2.03. The summed E-state index contributed by atoms with van der Waals surface area (Å²) in [6.45, 7) is 0.626. The van der Waals surface area contributed by atoms with Crippen molar-refractivity contribution in [1.29, 1.82) is 0 Å². The van der Waals surface area contributed by atoms with Crippen LogP contribution in [0.1, 0.15) is 12.0 Å². The molecule has 2 nitrogen and oxygen atoms in total. The van der Waals surface area contributed by atoms with Crippen LogP contribution in [0.2, 0.25) is 0 Å². The fourth-order valence-electron chi connectivity index (χ4n) is 1.08. The Morgan fingerprint density at radius 1 is 1.23 bits per heavy atom. The maximum Gasteiger partial charge on any atom is 0.0485 e. The maximum absolute atomic E-state index is 11.4. The lowest BCUT2D eigenvalue weighted by molar-refractivity contribution is 0.680. The molecule has 0 aromatic heterocycles. The van der Waals surface area contributed by atoms with Gasteiger partial charge in [-0.1, -0.05) is 30.3 Å². The van der Waals surface area contributed by atoms with Gasteiger partial charge in [-0.2, -0.15) is 0 Å². The number of benzene rings is 1. The molecule has 0 radical (unpaired) electrons. The second-order valence-electron chi connectivity index (χ2n) is 2.92. The first-order valence-electron chi connectivity index (χ1n) is 4.42. The molecule has 0 bridgehead atoms. The monoisotopic (exact) mass is 197 g/mol. The Bertz CT molecular complexity index is 261. The van der Waals surface area contributed by atoms with E-state index in [2.05, 4.69) is 0 Å². The second kappa shape index (κ2) is 5.89. The van der Waals surface area contributed by atoms with Gasteiger partial charge in [0.15, 0.2) is 0 Å². The Hall–Kier alpha value is -0.670. The summed E-state index contributed by atoms with van der Waals surface area (Å²) in [6.07, 6.45) is 0.847. The molecular weight excluding hydrogens is 182 g/mol. The Balaban J connectivity index is 2.37. The van der Waals surface area contributed by atoms with Crippen molar-refractivity contribution >= 4 is 10.8 Å². The van der Waals surface area contributed by atoms with E-state index in [9.17, 15) is 4.21 Å². The van der Waals surface area contributed by atoms with Gasteiger partial charge in [-0.05, 0) is 18.5 Å². The van der Waals surface area contributed by atoms with Gasteiger partial charge in [-0.25, -0.2) is 0 Å². The molecule has 13 heavy (non-hydrogen) atoms. The van der Waals surface area contributed by atoms with Crippen LogP contribution in [0, 0.1) is 0 Å². The average molecular weight is 197 g/mol. The van der Waals surface area contributed by atoms with Crippen LogP contribution in [0.15, 0.2) is 30.3 Å². The molecule has 0 amide bonds. The molecule has 0 saturated heterocycles. The lowest BCUT2D eigenvalue weighted by Crippen LogP contribution is -2.07. The third kappa shape index (κ3) is 4.20. The lowest BCUT2D eigenvalue weighted by atomic mass is 10.2. The maximum atomic E-state index is 11.4. The standard InChI is InChI=1S/C10H15NOS/c11-7-4-8-13(12)9-10-5-2-1-3-6-10/h1-3,5-6H,4,7-9,11H2. The summed E-state index contributed by atoms with van der Waals surface area (Å²) < 4.78 is 11.4. The fraction of sp³-hybridized carbons (Fsp3) is 0.400. The van der Waals surface area contributed by atoms with Crippen LogP contribution in [0.5, 0.6) is 0 Å². The molecule has 0 aliphatic carbocycles. The summed E-state index contributed by atoms with van der Waals surface area (Å²) >= 11 is 0. The summed E-state index contributed by atoms with van der Waals surface area (Å²) in [5, 5.41) is 0. The van der Waals surface area contributed by atoms with Crippen LogP contribution in [0.3, 0.4) is 0 Å². The van der Waals surface area contributed by atoms with Gasteiger partial charge in [-0.3, -0.25) is 4.21 Å². The topological polar surface area (TPSA) is 43.1 Å². The largest absolute Gasteiger partial charge is 0.330 e. The van der Waals surface area contributed by atoms with Gasteiger partial charge in [0.2, 0.25) is 0 Å². The Labute approximate surface area is 81.6 Å². The minimum atomic E-state index is -0.751. The van der Waals surface area contributed by atoms with Crippen LogP contribution in [0.25, 0.3) is 0 Å². The van der Waals surface area contributed by atoms with Crippen LogP contribution >= 0.6 is 0 Å². The predicted molar refractivity (Wildman–Crippen MR) is 56.8 cm³/mol. The van der Waals surface area contributed by atoms with Crippen molar-refractivity contribution in [1.82, 2.24) is 0 Å². The van der Waals surface area contributed by atoms with Crippen molar-refractivity contribution in [2.24, 2.45) is 5.73 Å². The van der Waals surface area contributed by atoms with Crippen molar-refractivity contribution in [2.45, 2.75) is 12.2 Å². The summed E-state index contributed by atoms with van der Waals surface area (Å²) in [7, 11) is -0.751. The number of nitrogens with two attached hydrogens (primary N) is 1. The first-order chi connectivity index (χ1) is 6.33. The van der Waals surface area contributed by atoms with Gasteiger partial charge in [0, 0.05) is 22.3 Å². The fourth-order valence-corrected chi connectivity index (χ4v) is 2.27. The lowest BCUT2D eigenvalue weighted by Gasteiger charge is -2.00. The van der Waals surface area contributed by atoms with Crippen molar-refractivity contribution < 1.29 is 4.21 Å². The van der Waals surface area contributed by atoms with E-state index in [1.165, 1.54) is 0 Å². The van der Waals surface area contributed by atoms with Crippen molar-refractivity contribution in [3.8, 4) is 0 Å². The van der Waals surface area contributed by atoms with Gasteiger partial charge in [0.05, 0.1) is 0 Å². The molecule has 0 heterocycles. The van der Waals surface area contributed by atoms with E-state index in [0.29, 0.717) is 18.1 Å². The molecule has 0 fully saturated rings. The number of rotatable bonds is 5. The Morgan fingerprint density at radius 2 is 1.92 bits per heavy atom. The highest BCUT2D eigenvalue weighted by molar-refractivity contribution is 7.84. The van der Waals surface area contributed by atoms with Crippen LogP contribution in [-0.4, -0.2) is 16.5 Å². The Morgan fingerprint density at radius 3 is 2.54 bits per heavy atom. The molecule has 0 saturated carbocycles. The zero-order valence-electron chi connectivity index (χ0n) is 7.61. The van der Waals surface area contributed by atoms with Gasteiger partial charge in [0.25, 0.3) is 0 Å². The average Bonchev–Trinajstić information content (AvgIpc) is 2.16. The Kier molecular flexibility index (Phi) is 4.72. The van der Waals surface area contributed by atoms with Gasteiger partial charge >= 0.3 is 0 Å². The molecule has 1 aromatic carbocycles.